The van der Waals surface area contributed by atoms with Crippen LogP contribution < -0.4 is 10.1 Å². The van der Waals surface area contributed by atoms with Gasteiger partial charge in [0.15, 0.2) is 0 Å². The molecule has 1 N–H and O–H groups in total. The number of nitrogens with zero attached hydrogens (tertiary/aromatic N) is 1. The highest BCUT2D eigenvalue weighted by Gasteiger charge is 2.34. The Balaban J connectivity index is 2.16. The number of halogens is 3. The minimum Gasteiger partial charge on any atom is -0.497 e. The lowest BCUT2D eigenvalue weighted by molar-refractivity contribution is -0.137. The third kappa shape index (κ3) is 4.76. The summed E-state index contributed by atoms with van der Waals surface area (Å²) in [5.41, 5.74) is -0.407. The van der Waals surface area contributed by atoms with Crippen LogP contribution in [-0.2, 0) is 6.18 Å². The second-order valence-electron chi connectivity index (χ2n) is 6.01. The van der Waals surface area contributed by atoms with Gasteiger partial charge in [0, 0.05) is 6.54 Å². The molecule has 0 bridgehead atoms. The van der Waals surface area contributed by atoms with E-state index >= 15 is 0 Å². The number of ether oxygens (including phenoxy) is 1. The molecule has 0 aromatic heterocycles. The lowest BCUT2D eigenvalue weighted by atomic mass is 10.0. The smallest absolute Gasteiger partial charge is 0.417 e. The van der Waals surface area contributed by atoms with Crippen molar-refractivity contribution in [1.29, 1.82) is 0 Å². The second kappa shape index (κ2) is 8.23. The van der Waals surface area contributed by atoms with Crippen LogP contribution in [0.3, 0.4) is 0 Å². The monoisotopic (exact) mass is 366 g/mol. The summed E-state index contributed by atoms with van der Waals surface area (Å²) < 4.78 is 44.3. The molecule has 2 rings (SSSR count). The van der Waals surface area contributed by atoms with E-state index in [0.29, 0.717) is 5.75 Å². The SMILES string of the molecule is COc1ccc(C(CNC(=O)c2ccccc2C(F)(F)F)N(C)C)cc1. The maximum atomic E-state index is 13.1. The molecule has 26 heavy (non-hydrogen) atoms. The van der Waals surface area contributed by atoms with E-state index in [2.05, 4.69) is 5.32 Å². The van der Waals surface area contributed by atoms with E-state index in [1.165, 1.54) is 18.2 Å². The van der Waals surface area contributed by atoms with Crippen LogP contribution >= 0.6 is 0 Å². The lowest BCUT2D eigenvalue weighted by Crippen LogP contribution is -2.35. The Kier molecular flexibility index (Phi) is 6.26. The first-order valence-corrected chi connectivity index (χ1v) is 7.99. The van der Waals surface area contributed by atoms with Gasteiger partial charge in [0.25, 0.3) is 5.91 Å². The molecular formula is C19H21F3N2O2. The molecule has 0 aliphatic carbocycles. The van der Waals surface area contributed by atoms with E-state index in [1.807, 2.05) is 31.1 Å². The zero-order valence-electron chi connectivity index (χ0n) is 14.8. The van der Waals surface area contributed by atoms with Gasteiger partial charge < -0.3 is 15.0 Å². The zero-order chi connectivity index (χ0) is 19.3. The number of nitrogens with one attached hydrogen (secondary N) is 1. The number of benzene rings is 2. The molecule has 0 heterocycles. The highest BCUT2D eigenvalue weighted by molar-refractivity contribution is 5.95. The fraction of sp³-hybridized carbons (Fsp3) is 0.316. The van der Waals surface area contributed by atoms with E-state index in [4.69, 9.17) is 4.74 Å². The van der Waals surface area contributed by atoms with Gasteiger partial charge in [-0.25, -0.2) is 0 Å². The van der Waals surface area contributed by atoms with Crippen LogP contribution in [0.15, 0.2) is 48.5 Å². The number of carbonyl (C=O) groups is 1. The molecule has 0 radical (unpaired) electrons. The van der Waals surface area contributed by atoms with Gasteiger partial charge in [-0.05, 0) is 43.9 Å². The molecule has 1 atom stereocenters. The van der Waals surface area contributed by atoms with Gasteiger partial charge in [0.1, 0.15) is 5.75 Å². The van der Waals surface area contributed by atoms with Crippen LogP contribution in [0, 0.1) is 0 Å². The van der Waals surface area contributed by atoms with Crippen molar-refractivity contribution in [2.24, 2.45) is 0 Å². The number of amides is 1. The summed E-state index contributed by atoms with van der Waals surface area (Å²) in [4.78, 5) is 14.2. The molecular weight excluding hydrogens is 345 g/mol. The van der Waals surface area contributed by atoms with Crippen molar-refractivity contribution < 1.29 is 22.7 Å². The maximum absolute atomic E-state index is 13.1. The first-order chi connectivity index (χ1) is 12.2. The van der Waals surface area contributed by atoms with E-state index < -0.39 is 17.6 Å². The van der Waals surface area contributed by atoms with Crippen molar-refractivity contribution >= 4 is 5.91 Å². The fourth-order valence-corrected chi connectivity index (χ4v) is 2.64. The molecule has 140 valence electrons. The largest absolute Gasteiger partial charge is 0.497 e. The zero-order valence-corrected chi connectivity index (χ0v) is 14.8. The molecule has 0 saturated heterocycles. The summed E-state index contributed by atoms with van der Waals surface area (Å²) in [6, 6.07) is 11.9. The number of hydrogen-bond acceptors (Lipinski definition) is 3. The molecule has 2 aromatic carbocycles. The van der Waals surface area contributed by atoms with Gasteiger partial charge in [-0.1, -0.05) is 24.3 Å². The minimum atomic E-state index is -4.58. The molecule has 2 aromatic rings. The molecule has 1 amide bonds. The molecule has 0 aliphatic rings. The second-order valence-corrected chi connectivity index (χ2v) is 6.01. The van der Waals surface area contributed by atoms with Gasteiger partial charge in [-0.2, -0.15) is 13.2 Å². The van der Waals surface area contributed by atoms with Gasteiger partial charge in [0.05, 0.1) is 24.3 Å². The molecule has 1 unspecified atom stereocenters. The Bertz CT molecular complexity index is 743. The lowest BCUT2D eigenvalue weighted by Gasteiger charge is -2.25. The van der Waals surface area contributed by atoms with Crippen molar-refractivity contribution in [3.63, 3.8) is 0 Å². The van der Waals surface area contributed by atoms with Gasteiger partial charge >= 0.3 is 6.18 Å². The number of hydrogen-bond donors (Lipinski definition) is 1. The van der Waals surface area contributed by atoms with Gasteiger partial charge in [-0.3, -0.25) is 4.79 Å². The Labute approximate surface area is 150 Å². The van der Waals surface area contributed by atoms with Crippen LogP contribution in [0.25, 0.3) is 0 Å². The van der Waals surface area contributed by atoms with Crippen molar-refractivity contribution in [3.05, 3.63) is 65.2 Å². The topological polar surface area (TPSA) is 41.6 Å². The first-order valence-electron chi connectivity index (χ1n) is 7.99. The highest BCUT2D eigenvalue weighted by Crippen LogP contribution is 2.31. The summed E-state index contributed by atoms with van der Waals surface area (Å²) in [6.07, 6.45) is -4.58. The van der Waals surface area contributed by atoms with E-state index in [-0.39, 0.29) is 18.2 Å². The van der Waals surface area contributed by atoms with Crippen molar-refractivity contribution in [1.82, 2.24) is 10.2 Å². The Morgan fingerprint density at radius 3 is 2.27 bits per heavy atom. The van der Waals surface area contributed by atoms with E-state index in [9.17, 15) is 18.0 Å². The van der Waals surface area contributed by atoms with Crippen LogP contribution in [0.2, 0.25) is 0 Å². The van der Waals surface area contributed by atoms with Crippen LogP contribution in [0.1, 0.15) is 27.5 Å². The quantitative estimate of drug-likeness (QED) is 0.847. The van der Waals surface area contributed by atoms with Crippen molar-refractivity contribution in [2.45, 2.75) is 12.2 Å². The maximum Gasteiger partial charge on any atom is 0.417 e. The number of rotatable bonds is 6. The fourth-order valence-electron chi connectivity index (χ4n) is 2.64. The Morgan fingerprint density at radius 1 is 1.12 bits per heavy atom. The summed E-state index contributed by atoms with van der Waals surface area (Å²) in [6.45, 7) is 0.171. The summed E-state index contributed by atoms with van der Waals surface area (Å²) >= 11 is 0. The average molecular weight is 366 g/mol. The molecule has 4 nitrogen and oxygen atoms in total. The molecule has 0 spiro atoms. The first kappa shape index (κ1) is 19.8. The molecule has 0 aliphatic heterocycles. The van der Waals surface area contributed by atoms with Crippen molar-refractivity contribution in [3.8, 4) is 5.75 Å². The number of carbonyl (C=O) groups excluding carboxylic acids is 1. The summed E-state index contributed by atoms with van der Waals surface area (Å²) in [5.74, 6) is -0.0484. The Hall–Kier alpha value is -2.54. The molecule has 0 fully saturated rings. The molecule has 0 saturated carbocycles. The average Bonchev–Trinajstić information content (AvgIpc) is 2.61. The van der Waals surface area contributed by atoms with Crippen LogP contribution in [-0.4, -0.2) is 38.6 Å². The van der Waals surface area contributed by atoms with Gasteiger partial charge in [-0.15, -0.1) is 0 Å². The Morgan fingerprint density at radius 2 is 1.73 bits per heavy atom. The van der Waals surface area contributed by atoms with Crippen LogP contribution in [0.5, 0.6) is 5.75 Å². The highest BCUT2D eigenvalue weighted by atomic mass is 19.4. The number of likely N-dealkylation sites (N-methyl/N-ethyl adjacent to an activating group) is 1. The van der Waals surface area contributed by atoms with Crippen LogP contribution in [0.4, 0.5) is 13.2 Å². The predicted octanol–water partition coefficient (Wildman–Crippen LogP) is 3.75. The van der Waals surface area contributed by atoms with E-state index in [1.54, 1.807) is 19.2 Å². The van der Waals surface area contributed by atoms with Gasteiger partial charge in [0.2, 0.25) is 0 Å². The summed E-state index contributed by atoms with van der Waals surface area (Å²) in [7, 11) is 5.24. The normalized spacial score (nSPS) is 12.7. The third-order valence-electron chi connectivity index (χ3n) is 4.06. The van der Waals surface area contributed by atoms with Crippen molar-refractivity contribution in [2.75, 3.05) is 27.7 Å². The standard InChI is InChI=1S/C19H21F3N2O2/c1-24(2)17(13-8-10-14(26-3)11-9-13)12-23-18(25)15-6-4-5-7-16(15)19(20,21)22/h4-11,17H,12H2,1-3H3,(H,23,25). The number of alkyl halides is 3. The molecule has 7 heteroatoms. The minimum absolute atomic E-state index is 0.171. The summed E-state index contributed by atoms with van der Waals surface area (Å²) in [5, 5.41) is 2.61. The third-order valence-corrected chi connectivity index (χ3v) is 4.06. The predicted molar refractivity (Wildman–Crippen MR) is 93.2 cm³/mol. The number of methoxy groups -OCH3 is 1. The van der Waals surface area contributed by atoms with E-state index in [0.717, 1.165) is 11.6 Å².